The normalized spacial score (nSPS) is 10.9. The van der Waals surface area contributed by atoms with Gasteiger partial charge in [-0.25, -0.2) is 4.98 Å². The minimum atomic E-state index is -0.137. The quantitative estimate of drug-likeness (QED) is 0.804. The van der Waals surface area contributed by atoms with Crippen molar-refractivity contribution >= 4 is 0 Å². The van der Waals surface area contributed by atoms with E-state index in [0.717, 1.165) is 22.8 Å². The molecule has 0 amide bonds. The monoisotopic (exact) mass is 309 g/mol. The Kier molecular flexibility index (Phi) is 4.12. The van der Waals surface area contributed by atoms with Crippen LogP contribution in [0.1, 0.15) is 11.4 Å². The van der Waals surface area contributed by atoms with Crippen LogP contribution in [-0.2, 0) is 6.54 Å². The molecule has 0 spiro atoms. The van der Waals surface area contributed by atoms with Gasteiger partial charge < -0.3 is 14.2 Å². The van der Waals surface area contributed by atoms with E-state index in [9.17, 15) is 4.79 Å². The van der Waals surface area contributed by atoms with Crippen molar-refractivity contribution in [2.45, 2.75) is 20.4 Å². The molecule has 0 unspecified atom stereocenters. The molecule has 118 valence electrons. The van der Waals surface area contributed by atoms with Crippen molar-refractivity contribution in [1.82, 2.24) is 14.1 Å². The average Bonchev–Trinajstić information content (AvgIpc) is 2.91. The van der Waals surface area contributed by atoms with E-state index in [1.54, 1.807) is 12.3 Å². The lowest BCUT2D eigenvalue weighted by atomic mass is 10.1. The molecule has 1 N–H and O–H groups in total. The molecule has 0 aliphatic carbocycles. The van der Waals surface area contributed by atoms with Crippen LogP contribution in [0, 0.1) is 13.8 Å². The van der Waals surface area contributed by atoms with Crippen LogP contribution in [0.2, 0.25) is 0 Å². The molecule has 0 bridgehead atoms. The summed E-state index contributed by atoms with van der Waals surface area (Å²) in [6.45, 7) is 4.21. The number of pyridine rings is 1. The lowest BCUT2D eigenvalue weighted by Crippen LogP contribution is -2.21. The summed E-state index contributed by atoms with van der Waals surface area (Å²) in [6, 6.07) is 11.6. The molecule has 0 saturated carbocycles. The standard InChI is InChI=1S/C18H19N3O2/c1-13-4-3-5-15(10-13)17-12-21(14(2)19-17)16-6-7-20(8-9-22)18(23)11-16/h3-7,10-12,22H,8-9H2,1-2H3. The molecule has 5 heteroatoms. The van der Waals surface area contributed by atoms with Crippen LogP contribution in [0.3, 0.4) is 0 Å². The Hall–Kier alpha value is -2.66. The first-order valence-corrected chi connectivity index (χ1v) is 7.53. The fourth-order valence-electron chi connectivity index (χ4n) is 2.62. The van der Waals surface area contributed by atoms with Gasteiger partial charge in [0.05, 0.1) is 18.0 Å². The summed E-state index contributed by atoms with van der Waals surface area (Å²) in [6.07, 6.45) is 3.63. The van der Waals surface area contributed by atoms with Crippen LogP contribution in [0.4, 0.5) is 0 Å². The molecule has 1 aromatic carbocycles. The fraction of sp³-hybridized carbons (Fsp3) is 0.222. The van der Waals surface area contributed by atoms with Crippen LogP contribution >= 0.6 is 0 Å². The molecule has 0 aliphatic heterocycles. The van der Waals surface area contributed by atoms with Gasteiger partial charge in [0.25, 0.3) is 5.56 Å². The van der Waals surface area contributed by atoms with Crippen molar-refractivity contribution in [3.8, 4) is 16.9 Å². The van der Waals surface area contributed by atoms with E-state index in [4.69, 9.17) is 5.11 Å². The molecule has 2 aromatic heterocycles. The SMILES string of the molecule is Cc1cccc(-c2cn(-c3ccn(CCO)c(=O)c3)c(C)n2)c1. The molecule has 0 atom stereocenters. The Morgan fingerprint density at radius 1 is 1.17 bits per heavy atom. The molecule has 0 fully saturated rings. The van der Waals surface area contributed by atoms with E-state index >= 15 is 0 Å². The predicted molar refractivity (Wildman–Crippen MR) is 89.8 cm³/mol. The van der Waals surface area contributed by atoms with Gasteiger partial charge >= 0.3 is 0 Å². The molecular formula is C18H19N3O2. The minimum Gasteiger partial charge on any atom is -0.395 e. The highest BCUT2D eigenvalue weighted by Crippen LogP contribution is 2.21. The molecule has 3 rings (SSSR count). The molecule has 0 saturated heterocycles. The smallest absolute Gasteiger partial charge is 0.252 e. The van der Waals surface area contributed by atoms with E-state index in [1.165, 1.54) is 10.1 Å². The zero-order chi connectivity index (χ0) is 16.4. The largest absolute Gasteiger partial charge is 0.395 e. The number of aliphatic hydroxyl groups is 1. The summed E-state index contributed by atoms with van der Waals surface area (Å²) >= 11 is 0. The molecule has 2 heterocycles. The highest BCUT2D eigenvalue weighted by atomic mass is 16.3. The zero-order valence-electron chi connectivity index (χ0n) is 13.2. The van der Waals surface area contributed by atoms with E-state index in [-0.39, 0.29) is 12.2 Å². The maximum absolute atomic E-state index is 12.1. The van der Waals surface area contributed by atoms with Gasteiger partial charge in [0, 0.05) is 30.6 Å². The highest BCUT2D eigenvalue weighted by Gasteiger charge is 2.09. The molecule has 23 heavy (non-hydrogen) atoms. The number of rotatable bonds is 4. The van der Waals surface area contributed by atoms with Gasteiger partial charge in [0.2, 0.25) is 0 Å². The van der Waals surface area contributed by atoms with Crippen LogP contribution < -0.4 is 5.56 Å². The van der Waals surface area contributed by atoms with Crippen LogP contribution in [0.15, 0.2) is 53.6 Å². The second-order valence-electron chi connectivity index (χ2n) is 5.55. The summed E-state index contributed by atoms with van der Waals surface area (Å²) in [5, 5.41) is 8.95. The predicted octanol–water partition coefficient (Wildman–Crippen LogP) is 2.31. The summed E-state index contributed by atoms with van der Waals surface area (Å²) in [7, 11) is 0. The Balaban J connectivity index is 2.01. The first kappa shape index (κ1) is 15.2. The number of aliphatic hydroxyl groups excluding tert-OH is 1. The van der Waals surface area contributed by atoms with Crippen LogP contribution in [0.5, 0.6) is 0 Å². The van der Waals surface area contributed by atoms with Crippen molar-refractivity contribution < 1.29 is 5.11 Å². The Morgan fingerprint density at radius 2 is 2.00 bits per heavy atom. The van der Waals surface area contributed by atoms with E-state index < -0.39 is 0 Å². The van der Waals surface area contributed by atoms with Gasteiger partial charge in [0.1, 0.15) is 5.82 Å². The summed E-state index contributed by atoms with van der Waals surface area (Å²) < 4.78 is 3.39. The van der Waals surface area contributed by atoms with Gasteiger partial charge in [-0.05, 0) is 26.0 Å². The maximum atomic E-state index is 12.1. The second-order valence-corrected chi connectivity index (χ2v) is 5.55. The van der Waals surface area contributed by atoms with Crippen molar-refractivity contribution in [2.75, 3.05) is 6.61 Å². The molecular weight excluding hydrogens is 290 g/mol. The summed E-state index contributed by atoms with van der Waals surface area (Å²) in [5.74, 6) is 0.820. The van der Waals surface area contributed by atoms with Gasteiger partial charge in [-0.15, -0.1) is 0 Å². The topological polar surface area (TPSA) is 60.0 Å². The average molecular weight is 309 g/mol. The second kappa shape index (κ2) is 6.22. The number of hydrogen-bond donors (Lipinski definition) is 1. The van der Waals surface area contributed by atoms with Crippen molar-refractivity contribution in [1.29, 1.82) is 0 Å². The molecule has 3 aromatic rings. The first-order valence-electron chi connectivity index (χ1n) is 7.53. The summed E-state index contributed by atoms with van der Waals surface area (Å²) in [5.41, 5.74) is 3.75. The number of benzene rings is 1. The number of hydrogen-bond acceptors (Lipinski definition) is 3. The molecule has 5 nitrogen and oxygen atoms in total. The zero-order valence-corrected chi connectivity index (χ0v) is 13.2. The van der Waals surface area contributed by atoms with Gasteiger partial charge in [-0.2, -0.15) is 0 Å². The maximum Gasteiger partial charge on any atom is 0.252 e. The third kappa shape index (κ3) is 3.10. The van der Waals surface area contributed by atoms with Gasteiger partial charge in [-0.1, -0.05) is 23.8 Å². The fourth-order valence-corrected chi connectivity index (χ4v) is 2.62. The summed E-state index contributed by atoms with van der Waals surface area (Å²) in [4.78, 5) is 16.7. The lowest BCUT2D eigenvalue weighted by molar-refractivity contribution is 0.274. The van der Waals surface area contributed by atoms with Gasteiger partial charge in [-0.3, -0.25) is 4.79 Å². The Morgan fingerprint density at radius 3 is 2.70 bits per heavy atom. The Labute approximate surface area is 134 Å². The van der Waals surface area contributed by atoms with E-state index in [0.29, 0.717) is 6.54 Å². The van der Waals surface area contributed by atoms with Crippen LogP contribution in [-0.4, -0.2) is 25.8 Å². The number of nitrogens with zero attached hydrogens (tertiary/aromatic N) is 3. The highest BCUT2D eigenvalue weighted by molar-refractivity contribution is 5.60. The third-order valence-corrected chi connectivity index (χ3v) is 3.79. The lowest BCUT2D eigenvalue weighted by Gasteiger charge is -2.07. The molecule has 0 radical (unpaired) electrons. The van der Waals surface area contributed by atoms with E-state index in [1.807, 2.05) is 48.9 Å². The first-order chi connectivity index (χ1) is 11.1. The van der Waals surface area contributed by atoms with E-state index in [2.05, 4.69) is 11.1 Å². The molecule has 0 aliphatic rings. The van der Waals surface area contributed by atoms with Crippen molar-refractivity contribution in [3.05, 3.63) is 70.5 Å². The number of aryl methyl sites for hydroxylation is 2. The minimum absolute atomic E-state index is 0.0547. The third-order valence-electron chi connectivity index (χ3n) is 3.79. The van der Waals surface area contributed by atoms with Crippen LogP contribution in [0.25, 0.3) is 16.9 Å². The Bertz CT molecular complexity index is 893. The number of aromatic nitrogens is 3. The van der Waals surface area contributed by atoms with Crippen molar-refractivity contribution in [2.24, 2.45) is 0 Å². The van der Waals surface area contributed by atoms with Crippen molar-refractivity contribution in [3.63, 3.8) is 0 Å². The van der Waals surface area contributed by atoms with Gasteiger partial charge in [0.15, 0.2) is 0 Å². The number of imidazole rings is 1.